The first-order chi connectivity index (χ1) is 14.7. The monoisotopic (exact) mass is 424 g/mol. The van der Waals surface area contributed by atoms with E-state index in [0.717, 1.165) is 48.4 Å². The van der Waals surface area contributed by atoms with Crippen LogP contribution in [0.4, 0.5) is 0 Å². The number of hydrogen-bond acceptors (Lipinski definition) is 3. The lowest BCUT2D eigenvalue weighted by Gasteiger charge is -2.37. The van der Waals surface area contributed by atoms with Crippen LogP contribution in [0.2, 0.25) is 0 Å². The smallest absolute Gasteiger partial charge is 0.221 e. The number of thioether (sulfide) groups is 1. The van der Waals surface area contributed by atoms with Crippen molar-refractivity contribution in [1.29, 1.82) is 0 Å². The number of hydrogen-bond donors (Lipinski definition) is 2. The van der Waals surface area contributed by atoms with Crippen molar-refractivity contribution in [3.05, 3.63) is 54.6 Å². The molecule has 2 heterocycles. The second-order valence-corrected chi connectivity index (χ2v) is 9.62. The van der Waals surface area contributed by atoms with E-state index in [2.05, 4.69) is 45.7 Å². The molecule has 0 bridgehead atoms. The number of fused-ring (bicyclic) bond motifs is 1. The lowest BCUT2D eigenvalue weighted by atomic mass is 9.71. The Morgan fingerprint density at radius 1 is 1.20 bits per heavy atom. The number of nitrogens with zero attached hydrogens (tertiary/aromatic N) is 2. The highest BCUT2D eigenvalue weighted by atomic mass is 32.2. The molecule has 30 heavy (non-hydrogen) atoms. The average molecular weight is 425 g/mol. The Hall–Kier alpha value is -2.21. The minimum Gasteiger partial charge on any atom is -0.354 e. The van der Waals surface area contributed by atoms with Crippen molar-refractivity contribution in [3.63, 3.8) is 0 Å². The van der Waals surface area contributed by atoms with E-state index < -0.39 is 0 Å². The summed E-state index contributed by atoms with van der Waals surface area (Å²) in [4.78, 5) is 21.4. The minimum absolute atomic E-state index is 0.0548. The van der Waals surface area contributed by atoms with Crippen molar-refractivity contribution in [2.24, 2.45) is 5.41 Å². The molecule has 4 rings (SSSR count). The van der Waals surface area contributed by atoms with Gasteiger partial charge in [-0.15, -0.1) is 0 Å². The molecule has 2 N–H and O–H groups in total. The predicted octanol–water partition coefficient (Wildman–Crippen LogP) is 5.32. The van der Waals surface area contributed by atoms with Crippen LogP contribution in [0, 0.1) is 5.41 Å². The molecule has 6 heteroatoms. The molecule has 0 radical (unpaired) electrons. The molecule has 3 aromatic rings. The van der Waals surface area contributed by atoms with Gasteiger partial charge >= 0.3 is 0 Å². The number of aromatic amines is 1. The van der Waals surface area contributed by atoms with E-state index in [1.165, 1.54) is 19.3 Å². The van der Waals surface area contributed by atoms with Gasteiger partial charge in [0.25, 0.3) is 0 Å². The minimum atomic E-state index is -0.0791. The summed E-state index contributed by atoms with van der Waals surface area (Å²) in [6, 6.07) is 12.1. The number of amides is 1. The molecule has 0 spiro atoms. The van der Waals surface area contributed by atoms with E-state index in [1.807, 2.05) is 24.3 Å². The molecule has 1 saturated carbocycles. The lowest BCUT2D eigenvalue weighted by molar-refractivity contribution is -0.125. The maximum Gasteiger partial charge on any atom is 0.221 e. The highest BCUT2D eigenvalue weighted by molar-refractivity contribution is 7.98. The molecule has 1 unspecified atom stereocenters. The van der Waals surface area contributed by atoms with Gasteiger partial charge in [0.15, 0.2) is 0 Å². The number of H-pyrrole nitrogens is 1. The molecule has 0 saturated heterocycles. The molecule has 1 amide bonds. The Labute approximate surface area is 183 Å². The molecule has 1 atom stereocenters. The van der Waals surface area contributed by atoms with Crippen LogP contribution < -0.4 is 5.32 Å². The van der Waals surface area contributed by atoms with Crippen LogP contribution in [0.5, 0.6) is 0 Å². The molecular weight excluding hydrogens is 392 g/mol. The predicted molar refractivity (Wildman–Crippen MR) is 125 cm³/mol. The Balaban J connectivity index is 1.49. The van der Waals surface area contributed by atoms with Gasteiger partial charge in [0.05, 0.1) is 17.1 Å². The maximum absolute atomic E-state index is 13.2. The third-order valence-electron chi connectivity index (χ3n) is 6.32. The van der Waals surface area contributed by atoms with Crippen LogP contribution in [-0.2, 0) is 11.3 Å². The molecule has 5 nitrogen and oxygen atoms in total. The van der Waals surface area contributed by atoms with Crippen LogP contribution in [-0.4, -0.2) is 32.5 Å². The highest BCUT2D eigenvalue weighted by Crippen LogP contribution is 2.41. The normalized spacial score (nSPS) is 17.1. The number of imidazole rings is 1. The van der Waals surface area contributed by atoms with Crippen molar-refractivity contribution >= 4 is 28.7 Å². The number of aromatic nitrogens is 3. The molecule has 160 valence electrons. The number of carbonyl (C=O) groups is 1. The zero-order valence-corrected chi connectivity index (χ0v) is 18.6. The topological polar surface area (TPSA) is 62.7 Å². The van der Waals surface area contributed by atoms with E-state index in [1.54, 1.807) is 11.8 Å². The van der Waals surface area contributed by atoms with Gasteiger partial charge in [0.2, 0.25) is 5.91 Å². The molecule has 0 aliphatic heterocycles. The van der Waals surface area contributed by atoms with Gasteiger partial charge in [0.1, 0.15) is 5.82 Å². The molecule has 2 aromatic heterocycles. The van der Waals surface area contributed by atoms with Crippen LogP contribution >= 0.6 is 11.8 Å². The van der Waals surface area contributed by atoms with E-state index in [0.29, 0.717) is 6.42 Å². The van der Waals surface area contributed by atoms with Gasteiger partial charge in [-0.3, -0.25) is 4.79 Å². The second kappa shape index (κ2) is 9.73. The SMILES string of the molecule is CSCCC(NC(=O)CC1(Cn2cccc2)CCCCC1)c1nc2ccccc2[nH]1. The summed E-state index contributed by atoms with van der Waals surface area (Å²) >= 11 is 1.80. The first-order valence-corrected chi connectivity index (χ1v) is 12.4. The fourth-order valence-corrected chi connectivity index (χ4v) is 5.26. The van der Waals surface area contributed by atoms with Gasteiger partial charge in [-0.05, 0) is 61.0 Å². The van der Waals surface area contributed by atoms with E-state index >= 15 is 0 Å². The lowest BCUT2D eigenvalue weighted by Crippen LogP contribution is -2.38. The number of para-hydroxylation sites is 2. The number of benzene rings is 1. The third-order valence-corrected chi connectivity index (χ3v) is 6.96. The zero-order valence-electron chi connectivity index (χ0n) is 17.8. The van der Waals surface area contributed by atoms with Crippen LogP contribution in [0.15, 0.2) is 48.8 Å². The number of nitrogens with one attached hydrogen (secondary N) is 2. The summed E-state index contributed by atoms with van der Waals surface area (Å²) in [7, 11) is 0. The standard InChI is InChI=1S/C24H32N4OS/c1-30-16-11-21(23-26-19-9-3-4-10-20(19)27-23)25-22(29)17-24(12-5-2-6-13-24)18-28-14-7-8-15-28/h3-4,7-10,14-15,21H,2,5-6,11-13,16-18H2,1H3,(H,25,29)(H,26,27). The first-order valence-electron chi connectivity index (χ1n) is 11.0. The van der Waals surface area contributed by atoms with Gasteiger partial charge in [0, 0.05) is 25.4 Å². The number of rotatable bonds is 9. The van der Waals surface area contributed by atoms with Crippen LogP contribution in [0.3, 0.4) is 0 Å². The molecule has 1 fully saturated rings. The van der Waals surface area contributed by atoms with Gasteiger partial charge in [-0.25, -0.2) is 4.98 Å². The summed E-state index contributed by atoms with van der Waals surface area (Å²) in [6.45, 7) is 0.924. The zero-order chi connectivity index (χ0) is 20.8. The highest BCUT2D eigenvalue weighted by Gasteiger charge is 2.35. The Morgan fingerprint density at radius 2 is 1.97 bits per heavy atom. The third kappa shape index (κ3) is 5.09. The summed E-state index contributed by atoms with van der Waals surface area (Å²) in [5.74, 6) is 1.99. The summed E-state index contributed by atoms with van der Waals surface area (Å²) in [6.07, 6.45) is 13.8. The molecule has 1 aliphatic rings. The van der Waals surface area contributed by atoms with Crippen molar-refractivity contribution in [2.75, 3.05) is 12.0 Å². The van der Waals surface area contributed by atoms with E-state index in [9.17, 15) is 4.79 Å². The van der Waals surface area contributed by atoms with Gasteiger partial charge < -0.3 is 14.9 Å². The van der Waals surface area contributed by atoms with Crippen molar-refractivity contribution < 1.29 is 4.79 Å². The fourth-order valence-electron chi connectivity index (χ4n) is 4.79. The summed E-state index contributed by atoms with van der Waals surface area (Å²) < 4.78 is 2.24. The van der Waals surface area contributed by atoms with Crippen molar-refractivity contribution in [2.45, 2.75) is 57.5 Å². The average Bonchev–Trinajstić information content (AvgIpc) is 3.41. The molecular formula is C24H32N4OS. The Bertz CT molecular complexity index is 910. The van der Waals surface area contributed by atoms with Crippen LogP contribution in [0.25, 0.3) is 11.0 Å². The summed E-state index contributed by atoms with van der Waals surface area (Å²) in [5, 5.41) is 3.33. The molecule has 1 aromatic carbocycles. The molecule has 1 aliphatic carbocycles. The fraction of sp³-hybridized carbons (Fsp3) is 0.500. The number of carbonyl (C=O) groups excluding carboxylic acids is 1. The van der Waals surface area contributed by atoms with Crippen LogP contribution in [0.1, 0.15) is 56.8 Å². The van der Waals surface area contributed by atoms with Crippen molar-refractivity contribution in [3.8, 4) is 0 Å². The van der Waals surface area contributed by atoms with Gasteiger partial charge in [-0.1, -0.05) is 31.4 Å². The van der Waals surface area contributed by atoms with E-state index in [4.69, 9.17) is 4.98 Å². The first kappa shape index (κ1) is 21.0. The largest absolute Gasteiger partial charge is 0.354 e. The quantitative estimate of drug-likeness (QED) is 0.489. The second-order valence-electron chi connectivity index (χ2n) is 8.63. The Morgan fingerprint density at radius 3 is 2.70 bits per heavy atom. The van der Waals surface area contributed by atoms with Crippen molar-refractivity contribution in [1.82, 2.24) is 19.9 Å². The summed E-state index contributed by atoms with van der Waals surface area (Å²) in [5.41, 5.74) is 2.03. The maximum atomic E-state index is 13.2. The Kier molecular flexibility index (Phi) is 6.82. The van der Waals surface area contributed by atoms with E-state index in [-0.39, 0.29) is 17.4 Å². The van der Waals surface area contributed by atoms with Gasteiger partial charge in [-0.2, -0.15) is 11.8 Å².